The van der Waals surface area contributed by atoms with E-state index in [2.05, 4.69) is 0 Å². The zero-order valence-electron chi connectivity index (χ0n) is 17.5. The van der Waals surface area contributed by atoms with Gasteiger partial charge in [-0.15, -0.1) is 0 Å². The van der Waals surface area contributed by atoms with Gasteiger partial charge < -0.3 is 69.6 Å². The lowest BCUT2D eigenvalue weighted by molar-refractivity contribution is -0.385. The van der Waals surface area contributed by atoms with Gasteiger partial charge in [0.2, 0.25) is 0 Å². The Hall–Kier alpha value is -0.630. The topological polar surface area (TPSA) is 228 Å². The molecule has 194 valence electrons. The number of ether oxygens (including phenoxy) is 5. The number of halogens is 1. The highest BCUT2D eigenvalue weighted by atomic mass is 19.1. The van der Waals surface area contributed by atoms with Crippen molar-refractivity contribution >= 4 is 0 Å². The van der Waals surface area contributed by atoms with Crippen LogP contribution in [0.25, 0.3) is 0 Å². The van der Waals surface area contributed by atoms with Crippen LogP contribution in [-0.4, -0.2) is 151 Å². The molecule has 3 saturated heterocycles. The summed E-state index contributed by atoms with van der Waals surface area (Å²) < 4.78 is 39.8. The van der Waals surface area contributed by atoms with Crippen LogP contribution in [0.1, 0.15) is 6.92 Å². The van der Waals surface area contributed by atoms with E-state index in [-0.39, 0.29) is 0 Å². The molecule has 0 unspecified atom stereocenters. The van der Waals surface area contributed by atoms with E-state index in [4.69, 9.17) is 23.7 Å². The van der Waals surface area contributed by atoms with Crippen molar-refractivity contribution < 1.29 is 74.0 Å². The normalized spacial score (nSPS) is 53.7. The van der Waals surface area contributed by atoms with Crippen molar-refractivity contribution in [3.8, 4) is 0 Å². The Bertz CT molecular complexity index is 629. The first-order valence-corrected chi connectivity index (χ1v) is 10.4. The number of aliphatic hydroxyl groups excluding tert-OH is 9. The van der Waals surface area contributed by atoms with Crippen LogP contribution in [0.2, 0.25) is 0 Å². The Kier molecular flexibility index (Phi) is 8.96. The van der Waals surface area contributed by atoms with Gasteiger partial charge in [-0.05, 0) is 6.92 Å². The molecule has 9 N–H and O–H groups in total. The van der Waals surface area contributed by atoms with Gasteiger partial charge in [0, 0.05) is 0 Å². The van der Waals surface area contributed by atoms with Crippen molar-refractivity contribution in [3.05, 3.63) is 0 Å². The maximum absolute atomic E-state index is 13.3. The molecule has 3 aliphatic rings. The van der Waals surface area contributed by atoms with Gasteiger partial charge in [0.1, 0.15) is 73.8 Å². The molecule has 0 bridgehead atoms. The van der Waals surface area contributed by atoms with E-state index in [9.17, 15) is 50.3 Å². The number of hydrogen-bond donors (Lipinski definition) is 9. The Morgan fingerprint density at radius 1 is 0.636 bits per heavy atom. The van der Waals surface area contributed by atoms with Crippen molar-refractivity contribution in [2.45, 2.75) is 99.0 Å². The quantitative estimate of drug-likeness (QED) is 0.169. The molecule has 33 heavy (non-hydrogen) atoms. The van der Waals surface area contributed by atoms with Crippen molar-refractivity contribution in [1.82, 2.24) is 0 Å². The highest BCUT2D eigenvalue weighted by molar-refractivity contribution is 4.96. The highest BCUT2D eigenvalue weighted by Gasteiger charge is 2.53. The van der Waals surface area contributed by atoms with Crippen molar-refractivity contribution in [3.63, 3.8) is 0 Å². The second kappa shape index (κ2) is 11.0. The van der Waals surface area contributed by atoms with E-state index in [1.807, 2.05) is 0 Å². The van der Waals surface area contributed by atoms with Crippen LogP contribution in [0.4, 0.5) is 4.39 Å². The summed E-state index contributed by atoms with van der Waals surface area (Å²) in [6.45, 7) is -0.652. The maximum atomic E-state index is 13.3. The first-order chi connectivity index (χ1) is 15.5. The Balaban J connectivity index is 1.82. The fourth-order valence-electron chi connectivity index (χ4n) is 3.95. The third-order valence-electron chi connectivity index (χ3n) is 6.03. The van der Waals surface area contributed by atoms with Gasteiger partial charge in [-0.2, -0.15) is 0 Å². The summed E-state index contributed by atoms with van der Waals surface area (Å²) in [7, 11) is 0. The van der Waals surface area contributed by atoms with Crippen molar-refractivity contribution in [1.29, 1.82) is 0 Å². The number of aliphatic hydroxyl groups is 9. The van der Waals surface area contributed by atoms with Gasteiger partial charge in [0.05, 0.1) is 12.7 Å². The minimum Gasteiger partial charge on any atom is -0.394 e. The van der Waals surface area contributed by atoms with Crippen LogP contribution in [0, 0.1) is 0 Å². The smallest absolute Gasteiger partial charge is 0.187 e. The summed E-state index contributed by atoms with van der Waals surface area (Å²) >= 11 is 0. The molecule has 3 heterocycles. The molecule has 0 aromatic rings. The van der Waals surface area contributed by atoms with Gasteiger partial charge in [-0.1, -0.05) is 0 Å². The molecule has 14 nitrogen and oxygen atoms in total. The molecule has 0 radical (unpaired) electrons. The lowest BCUT2D eigenvalue weighted by Crippen LogP contribution is -2.66. The molecule has 0 amide bonds. The molecular weight excluding hydrogens is 459 g/mol. The minimum atomic E-state index is -1.96. The van der Waals surface area contributed by atoms with Crippen LogP contribution >= 0.6 is 0 Å². The zero-order valence-corrected chi connectivity index (χ0v) is 17.5. The third kappa shape index (κ3) is 5.31. The molecule has 15 heteroatoms. The van der Waals surface area contributed by atoms with E-state index >= 15 is 0 Å². The van der Waals surface area contributed by atoms with Gasteiger partial charge in [-0.25, -0.2) is 4.39 Å². The Labute approximate surface area is 187 Å². The number of hydrogen-bond acceptors (Lipinski definition) is 14. The van der Waals surface area contributed by atoms with Crippen LogP contribution < -0.4 is 0 Å². The highest BCUT2D eigenvalue weighted by Crippen LogP contribution is 2.32. The van der Waals surface area contributed by atoms with Crippen LogP contribution in [0.15, 0.2) is 0 Å². The maximum Gasteiger partial charge on any atom is 0.187 e. The second-order valence-corrected chi connectivity index (χ2v) is 8.29. The van der Waals surface area contributed by atoms with E-state index in [0.717, 1.165) is 0 Å². The summed E-state index contributed by atoms with van der Waals surface area (Å²) in [5.74, 6) is 0. The van der Waals surface area contributed by atoms with E-state index in [0.29, 0.717) is 0 Å². The second-order valence-electron chi connectivity index (χ2n) is 8.29. The lowest BCUT2D eigenvalue weighted by atomic mass is 9.96. The van der Waals surface area contributed by atoms with Gasteiger partial charge in [0.25, 0.3) is 0 Å². The molecular formula is C18H31FO14. The fraction of sp³-hybridized carbons (Fsp3) is 1.00. The van der Waals surface area contributed by atoms with Crippen LogP contribution in [0.3, 0.4) is 0 Å². The molecule has 0 spiro atoms. The Morgan fingerprint density at radius 3 is 1.76 bits per heavy atom. The predicted octanol–water partition coefficient (Wildman–Crippen LogP) is -5.57. The lowest BCUT2D eigenvalue weighted by Gasteiger charge is -2.48. The largest absolute Gasteiger partial charge is 0.394 e. The zero-order chi connectivity index (χ0) is 24.6. The molecule has 0 aromatic heterocycles. The van der Waals surface area contributed by atoms with Crippen LogP contribution in [-0.2, 0) is 23.7 Å². The van der Waals surface area contributed by atoms with Crippen molar-refractivity contribution in [2.75, 3.05) is 13.3 Å². The number of alkyl halides is 1. The van der Waals surface area contributed by atoms with Crippen LogP contribution in [0.5, 0.6) is 0 Å². The molecule has 15 atom stereocenters. The average Bonchev–Trinajstić information content (AvgIpc) is 2.79. The van der Waals surface area contributed by atoms with E-state index in [1.165, 1.54) is 6.92 Å². The van der Waals surface area contributed by atoms with Gasteiger partial charge in [0.15, 0.2) is 18.9 Å². The van der Waals surface area contributed by atoms with Gasteiger partial charge >= 0.3 is 0 Å². The number of rotatable bonds is 6. The van der Waals surface area contributed by atoms with E-state index < -0.39 is 105 Å². The SMILES string of the molecule is C[C@@H]1O[C@@H](O[C@@H]2[C@@H](O[C@H]3O[C@H](CO)[C@H](O)[C@H](O)[C@H]3O)[C@@H](O)[C@@H](CF)O[C@H]2O)[C@@H](O)[C@H](O)[C@@H]1O. The third-order valence-corrected chi connectivity index (χ3v) is 6.03. The summed E-state index contributed by atoms with van der Waals surface area (Å²) in [5, 5.41) is 90.3. The Morgan fingerprint density at radius 2 is 1.18 bits per heavy atom. The standard InChI is InChI=1S/C18H31FO14/c1-4-7(21)10(24)12(26)17(29-4)33-15-14(9(23)5(2-19)30-16(15)28)32-18-13(27)11(25)8(22)6(3-20)31-18/h4-18,20-28H,2-3H2,1H3/t4-,5+,6+,7+,8-,9-,10+,11-,12-,13+,14-,15+,16+,17-,18+/m0/s1. The summed E-state index contributed by atoms with van der Waals surface area (Å²) in [4.78, 5) is 0. The van der Waals surface area contributed by atoms with Gasteiger partial charge in [-0.3, -0.25) is 0 Å². The summed E-state index contributed by atoms with van der Waals surface area (Å²) in [6, 6.07) is 0. The first-order valence-electron chi connectivity index (χ1n) is 10.4. The molecule has 3 fully saturated rings. The average molecular weight is 490 g/mol. The summed E-state index contributed by atoms with van der Waals surface area (Å²) in [6.07, 6.45) is -24.9. The molecule has 3 aliphatic heterocycles. The predicted molar refractivity (Wildman–Crippen MR) is 98.7 cm³/mol. The monoisotopic (exact) mass is 490 g/mol. The first kappa shape index (κ1) is 27.0. The van der Waals surface area contributed by atoms with Crippen molar-refractivity contribution in [2.24, 2.45) is 0 Å². The molecule has 0 saturated carbocycles. The fourth-order valence-corrected chi connectivity index (χ4v) is 3.95. The molecule has 3 rings (SSSR count). The minimum absolute atomic E-state index is 0.767. The van der Waals surface area contributed by atoms with E-state index in [1.54, 1.807) is 0 Å². The molecule has 0 aromatic carbocycles. The molecule has 0 aliphatic carbocycles. The summed E-state index contributed by atoms with van der Waals surface area (Å²) in [5.41, 5.74) is 0.